The number of nitrogens with one attached hydrogen (secondary N) is 1. The van der Waals surface area contributed by atoms with Gasteiger partial charge in [-0.2, -0.15) is 5.10 Å². The lowest BCUT2D eigenvalue weighted by atomic mass is 10.1. The molecule has 0 spiro atoms. The van der Waals surface area contributed by atoms with Crippen molar-refractivity contribution in [2.24, 2.45) is 5.10 Å². The van der Waals surface area contributed by atoms with Gasteiger partial charge in [-0.05, 0) is 17.7 Å². The first-order chi connectivity index (χ1) is 6.25. The Morgan fingerprint density at radius 1 is 1.23 bits per heavy atom. The molecule has 1 aliphatic heterocycles. The molecule has 0 aromatic heterocycles. The molecule has 0 bridgehead atoms. The van der Waals surface area contributed by atoms with Gasteiger partial charge in [-0.25, -0.2) is 0 Å². The van der Waals surface area contributed by atoms with Gasteiger partial charge in [0.1, 0.15) is 5.17 Å². The summed E-state index contributed by atoms with van der Waals surface area (Å²) in [5, 5.41) is 5.28. The molecule has 68 valence electrons. The lowest BCUT2D eigenvalue weighted by Gasteiger charge is -2.08. The van der Waals surface area contributed by atoms with Gasteiger partial charge in [-0.15, -0.1) is 0 Å². The van der Waals surface area contributed by atoms with Crippen molar-refractivity contribution in [3.8, 4) is 0 Å². The number of hydrazone groups is 1. The zero-order valence-electron chi connectivity index (χ0n) is 6.80. The van der Waals surface area contributed by atoms with E-state index in [9.17, 15) is 0 Å². The fourth-order valence-electron chi connectivity index (χ4n) is 1.30. The average molecular weight is 215 g/mol. The summed E-state index contributed by atoms with van der Waals surface area (Å²) < 4.78 is 0. The monoisotopic (exact) mass is 214 g/mol. The van der Waals surface area contributed by atoms with E-state index in [1.54, 1.807) is 0 Å². The highest BCUT2D eigenvalue weighted by atomic mass is 35.5. The van der Waals surface area contributed by atoms with Crippen molar-refractivity contribution in [3.63, 3.8) is 0 Å². The van der Waals surface area contributed by atoms with Crippen LogP contribution in [0.1, 0.15) is 18.0 Å². The van der Waals surface area contributed by atoms with Gasteiger partial charge in [0.25, 0.3) is 0 Å². The minimum absolute atomic E-state index is 0.199. The minimum atomic E-state index is 0.199. The van der Waals surface area contributed by atoms with Crippen LogP contribution in [0.2, 0.25) is 5.02 Å². The van der Waals surface area contributed by atoms with Crippen LogP contribution >= 0.6 is 23.2 Å². The molecule has 1 aromatic rings. The standard InChI is InChI=1S/C9H8Cl2N2/c10-7-3-1-6(2-4-7)8-5-9(11)13-12-8/h1-4,8,12H,5H2. The molecule has 1 atom stereocenters. The first-order valence-electron chi connectivity index (χ1n) is 3.99. The predicted octanol–water partition coefficient (Wildman–Crippen LogP) is 2.93. The molecule has 1 unspecified atom stereocenters. The molecule has 0 aliphatic carbocycles. The molecule has 1 heterocycles. The van der Waals surface area contributed by atoms with Crippen LogP contribution in [0.25, 0.3) is 0 Å². The third-order valence-corrected chi connectivity index (χ3v) is 2.48. The second-order valence-corrected chi connectivity index (χ2v) is 3.80. The highest BCUT2D eigenvalue weighted by molar-refractivity contribution is 6.65. The van der Waals surface area contributed by atoms with Crippen LogP contribution in [-0.2, 0) is 0 Å². The van der Waals surface area contributed by atoms with E-state index in [0.29, 0.717) is 5.17 Å². The van der Waals surface area contributed by atoms with E-state index < -0.39 is 0 Å². The third kappa shape index (κ3) is 1.95. The van der Waals surface area contributed by atoms with Gasteiger partial charge in [-0.1, -0.05) is 35.3 Å². The molecule has 0 fully saturated rings. The van der Waals surface area contributed by atoms with Gasteiger partial charge in [0.15, 0.2) is 0 Å². The van der Waals surface area contributed by atoms with E-state index in [0.717, 1.165) is 17.0 Å². The molecule has 0 saturated carbocycles. The van der Waals surface area contributed by atoms with Gasteiger partial charge in [0, 0.05) is 11.4 Å². The number of benzene rings is 1. The van der Waals surface area contributed by atoms with Gasteiger partial charge in [0.05, 0.1) is 6.04 Å². The molecule has 4 heteroatoms. The Hall–Kier alpha value is -0.730. The summed E-state index contributed by atoms with van der Waals surface area (Å²) in [7, 11) is 0. The molecule has 0 radical (unpaired) electrons. The zero-order valence-corrected chi connectivity index (χ0v) is 8.31. The minimum Gasteiger partial charge on any atom is -0.301 e. The fraction of sp³-hybridized carbons (Fsp3) is 0.222. The smallest absolute Gasteiger partial charge is 0.128 e. The quantitative estimate of drug-likeness (QED) is 0.765. The molecule has 2 nitrogen and oxygen atoms in total. The Bertz CT molecular complexity index is 332. The molecular weight excluding hydrogens is 207 g/mol. The fourth-order valence-corrected chi connectivity index (χ4v) is 1.62. The number of halogens is 2. The second kappa shape index (κ2) is 3.56. The summed E-state index contributed by atoms with van der Waals surface area (Å²) in [4.78, 5) is 0. The summed E-state index contributed by atoms with van der Waals surface area (Å²) in [6.07, 6.45) is 0.753. The van der Waals surface area contributed by atoms with Crippen molar-refractivity contribution >= 4 is 28.4 Å². The van der Waals surface area contributed by atoms with Gasteiger partial charge in [0.2, 0.25) is 0 Å². The molecule has 1 aliphatic rings. The largest absolute Gasteiger partial charge is 0.301 e. The summed E-state index contributed by atoms with van der Waals surface area (Å²) in [5.41, 5.74) is 4.11. The van der Waals surface area contributed by atoms with Gasteiger partial charge < -0.3 is 5.43 Å². The average Bonchev–Trinajstić information content (AvgIpc) is 2.53. The highest BCUT2D eigenvalue weighted by Crippen LogP contribution is 2.23. The molecular formula is C9H8Cl2N2. The molecule has 0 amide bonds. The van der Waals surface area contributed by atoms with E-state index in [1.165, 1.54) is 0 Å². The summed E-state index contributed by atoms with van der Waals surface area (Å²) in [5.74, 6) is 0. The molecule has 13 heavy (non-hydrogen) atoms. The first kappa shape index (κ1) is 8.85. The van der Waals surface area contributed by atoms with Crippen molar-refractivity contribution < 1.29 is 0 Å². The van der Waals surface area contributed by atoms with Gasteiger partial charge in [-0.3, -0.25) is 0 Å². The predicted molar refractivity (Wildman–Crippen MR) is 55.2 cm³/mol. The van der Waals surface area contributed by atoms with Crippen molar-refractivity contribution in [2.75, 3.05) is 0 Å². The van der Waals surface area contributed by atoms with Crippen molar-refractivity contribution in [3.05, 3.63) is 34.9 Å². The first-order valence-corrected chi connectivity index (χ1v) is 4.74. The number of nitrogens with zero attached hydrogens (tertiary/aromatic N) is 1. The van der Waals surface area contributed by atoms with Crippen LogP contribution in [0.5, 0.6) is 0 Å². The van der Waals surface area contributed by atoms with Crippen LogP contribution < -0.4 is 5.43 Å². The Kier molecular flexibility index (Phi) is 2.42. The Labute approximate surface area is 86.5 Å². The van der Waals surface area contributed by atoms with Crippen LogP contribution in [0.3, 0.4) is 0 Å². The van der Waals surface area contributed by atoms with E-state index in [2.05, 4.69) is 10.5 Å². The lowest BCUT2D eigenvalue weighted by molar-refractivity contribution is 0.620. The van der Waals surface area contributed by atoms with Crippen LogP contribution in [0.15, 0.2) is 29.4 Å². The maximum absolute atomic E-state index is 5.77. The normalized spacial score (nSPS) is 21.1. The topological polar surface area (TPSA) is 24.4 Å². The summed E-state index contributed by atoms with van der Waals surface area (Å²) >= 11 is 11.5. The number of hydrogen-bond donors (Lipinski definition) is 1. The highest BCUT2D eigenvalue weighted by Gasteiger charge is 2.17. The van der Waals surface area contributed by atoms with E-state index in [-0.39, 0.29) is 6.04 Å². The van der Waals surface area contributed by atoms with Gasteiger partial charge >= 0.3 is 0 Å². The molecule has 0 saturated heterocycles. The lowest BCUT2D eigenvalue weighted by Crippen LogP contribution is -2.09. The molecule has 1 N–H and O–H groups in total. The van der Waals surface area contributed by atoms with E-state index >= 15 is 0 Å². The number of rotatable bonds is 1. The second-order valence-electron chi connectivity index (χ2n) is 2.93. The maximum Gasteiger partial charge on any atom is 0.128 e. The Morgan fingerprint density at radius 2 is 1.92 bits per heavy atom. The van der Waals surface area contributed by atoms with E-state index in [1.807, 2.05) is 24.3 Å². The molecule has 2 rings (SSSR count). The van der Waals surface area contributed by atoms with Crippen LogP contribution in [0, 0.1) is 0 Å². The van der Waals surface area contributed by atoms with Crippen LogP contribution in [-0.4, -0.2) is 5.17 Å². The Balaban J connectivity index is 2.14. The third-order valence-electron chi connectivity index (χ3n) is 1.99. The maximum atomic E-state index is 5.77. The SMILES string of the molecule is ClC1=NNC(c2ccc(Cl)cc2)C1. The summed E-state index contributed by atoms with van der Waals surface area (Å²) in [6.45, 7) is 0. The Morgan fingerprint density at radius 3 is 2.46 bits per heavy atom. The molecule has 1 aromatic carbocycles. The van der Waals surface area contributed by atoms with Crippen molar-refractivity contribution in [1.82, 2.24) is 5.43 Å². The summed E-state index contributed by atoms with van der Waals surface area (Å²) in [6, 6.07) is 7.88. The van der Waals surface area contributed by atoms with Crippen LogP contribution in [0.4, 0.5) is 0 Å². The zero-order chi connectivity index (χ0) is 9.26. The number of hydrogen-bond acceptors (Lipinski definition) is 2. The van der Waals surface area contributed by atoms with Crippen molar-refractivity contribution in [2.45, 2.75) is 12.5 Å². The van der Waals surface area contributed by atoms with E-state index in [4.69, 9.17) is 23.2 Å². The van der Waals surface area contributed by atoms with Crippen molar-refractivity contribution in [1.29, 1.82) is 0 Å².